The van der Waals surface area contributed by atoms with Gasteiger partial charge in [0.05, 0.1) is 25.0 Å². The monoisotopic (exact) mass is 883 g/mol. The average molecular weight is 884 g/mol. The largest absolute Gasteiger partial charge is 0.378 e. The van der Waals surface area contributed by atoms with E-state index in [0.29, 0.717) is 64.0 Å². The number of Topliss-reactive ketones (excluding diaryl/α,β-unsaturated/α-hetero) is 1. The molecule has 0 aliphatic carbocycles. The van der Waals surface area contributed by atoms with Gasteiger partial charge in [0.25, 0.3) is 0 Å². The van der Waals surface area contributed by atoms with Crippen LogP contribution in [0.1, 0.15) is 58.8 Å². The second-order valence-electron chi connectivity index (χ2n) is 16.8. The van der Waals surface area contributed by atoms with E-state index in [1.807, 2.05) is 97.1 Å². The minimum absolute atomic E-state index is 0.00119. The number of hydrogen-bond donors (Lipinski definition) is 6. The minimum Gasteiger partial charge on any atom is -0.378 e. The summed E-state index contributed by atoms with van der Waals surface area (Å²) in [4.78, 5) is 82.3. The van der Waals surface area contributed by atoms with E-state index in [1.54, 1.807) is 17.9 Å². The van der Waals surface area contributed by atoms with Crippen LogP contribution in [0.3, 0.4) is 0 Å². The van der Waals surface area contributed by atoms with E-state index in [2.05, 4.69) is 26.6 Å². The van der Waals surface area contributed by atoms with E-state index in [9.17, 15) is 28.8 Å². The molecule has 0 radical (unpaired) electrons. The number of ketones is 1. The molecule has 65 heavy (non-hydrogen) atoms. The van der Waals surface area contributed by atoms with Crippen LogP contribution in [0, 0.1) is 5.41 Å². The van der Waals surface area contributed by atoms with Gasteiger partial charge in [0.15, 0.2) is 5.78 Å². The van der Waals surface area contributed by atoms with Crippen molar-refractivity contribution in [1.82, 2.24) is 31.5 Å². The summed E-state index contributed by atoms with van der Waals surface area (Å²) < 4.78 is 5.38. The highest BCUT2D eigenvalue weighted by Crippen LogP contribution is 2.35. The normalized spacial score (nSPS) is 20.7. The second kappa shape index (κ2) is 24.0. The number of nitrogens with zero attached hydrogens (tertiary/aromatic N) is 1. The van der Waals surface area contributed by atoms with Crippen LogP contribution in [0.5, 0.6) is 0 Å². The molecule has 2 aliphatic rings. The maximum absolute atomic E-state index is 14.9. The van der Waals surface area contributed by atoms with Crippen molar-refractivity contribution in [3.8, 4) is 11.1 Å². The maximum Gasteiger partial charge on any atom is 0.246 e. The summed E-state index contributed by atoms with van der Waals surface area (Å²) in [5.74, 6) is -1.89. The molecule has 0 aromatic heterocycles. The molecule has 0 spiro atoms. The van der Waals surface area contributed by atoms with Crippen molar-refractivity contribution in [3.63, 3.8) is 0 Å². The Kier molecular flexibility index (Phi) is 17.7. The van der Waals surface area contributed by atoms with Crippen LogP contribution < -0.4 is 32.3 Å². The fourth-order valence-corrected chi connectivity index (χ4v) is 8.44. The number of fused-ring (bicyclic) bond motifs is 3. The fourth-order valence-electron chi connectivity index (χ4n) is 8.44. The topological polar surface area (TPSA) is 201 Å². The minimum atomic E-state index is -0.960. The molecule has 1 saturated heterocycles. The summed E-state index contributed by atoms with van der Waals surface area (Å²) in [7, 11) is 0. The van der Waals surface area contributed by atoms with E-state index in [0.717, 1.165) is 39.5 Å². The van der Waals surface area contributed by atoms with Gasteiger partial charge in [-0.15, -0.1) is 0 Å². The fraction of sp³-hybridized carbons (Fsp3) is 0.373. The summed E-state index contributed by atoms with van der Waals surface area (Å²) in [5, 5.41) is 15.3. The van der Waals surface area contributed by atoms with Crippen molar-refractivity contribution < 1.29 is 33.5 Å². The molecule has 3 atom stereocenters. The lowest BCUT2D eigenvalue weighted by atomic mass is 9.74. The first-order chi connectivity index (χ1) is 31.5. The predicted molar refractivity (Wildman–Crippen MR) is 249 cm³/mol. The SMILES string of the molecule is CC(=O)c1cccc(-c2ccc(C[C@H]3CNCc4ccccc4CC(=O)N[C@H](C(=O)NCCOCCN)CCNC(=O)/C=C/C(=O)N4CCC[C@](Cc5ccccc5)(C4)C(=O)N3)cc2)c1. The molecule has 2 aliphatic heterocycles. The molecular weight excluding hydrogens is 823 g/mol. The lowest BCUT2D eigenvalue weighted by Crippen LogP contribution is -2.57. The molecule has 5 amide bonds. The molecule has 2 heterocycles. The molecular formula is C51H61N7O7. The predicted octanol–water partition coefficient (Wildman–Crippen LogP) is 3.42. The molecule has 7 N–H and O–H groups in total. The molecule has 14 heteroatoms. The van der Waals surface area contributed by atoms with Crippen LogP contribution in [-0.4, -0.2) is 105 Å². The van der Waals surface area contributed by atoms with Crippen molar-refractivity contribution in [2.45, 2.75) is 64.1 Å². The van der Waals surface area contributed by atoms with Gasteiger partial charge in [0.2, 0.25) is 29.5 Å². The van der Waals surface area contributed by atoms with Crippen molar-refractivity contribution in [2.75, 3.05) is 52.5 Å². The lowest BCUT2D eigenvalue weighted by Gasteiger charge is -2.42. The Morgan fingerprint density at radius 3 is 2.38 bits per heavy atom. The van der Waals surface area contributed by atoms with Gasteiger partial charge in [0.1, 0.15) is 6.04 Å². The molecule has 0 saturated carbocycles. The zero-order valence-electron chi connectivity index (χ0n) is 37.1. The van der Waals surface area contributed by atoms with E-state index >= 15 is 0 Å². The van der Waals surface area contributed by atoms with Gasteiger partial charge in [-0.05, 0) is 78.5 Å². The second-order valence-corrected chi connectivity index (χ2v) is 16.8. The Bertz CT molecular complexity index is 2300. The van der Waals surface area contributed by atoms with Crippen LogP contribution in [0.4, 0.5) is 0 Å². The molecule has 6 rings (SSSR count). The molecule has 0 unspecified atom stereocenters. The highest BCUT2D eigenvalue weighted by molar-refractivity contribution is 5.97. The van der Waals surface area contributed by atoms with Gasteiger partial charge >= 0.3 is 0 Å². The number of piperidine rings is 1. The van der Waals surface area contributed by atoms with Crippen molar-refractivity contribution in [1.29, 1.82) is 0 Å². The van der Waals surface area contributed by atoms with Crippen molar-refractivity contribution in [3.05, 3.63) is 143 Å². The van der Waals surface area contributed by atoms with Crippen LogP contribution in [0.15, 0.2) is 115 Å². The first-order valence-electron chi connectivity index (χ1n) is 22.4. The quantitative estimate of drug-likeness (QED) is 0.0912. The Morgan fingerprint density at radius 2 is 1.62 bits per heavy atom. The molecule has 342 valence electrons. The van der Waals surface area contributed by atoms with E-state index in [4.69, 9.17) is 10.5 Å². The third-order valence-electron chi connectivity index (χ3n) is 11.9. The molecule has 4 aromatic rings. The zero-order chi connectivity index (χ0) is 46.0. The van der Waals surface area contributed by atoms with Gasteiger partial charge in [-0.25, -0.2) is 0 Å². The first-order valence-corrected chi connectivity index (χ1v) is 22.4. The number of carbonyl (C=O) groups is 6. The summed E-state index contributed by atoms with van der Waals surface area (Å²) >= 11 is 0. The summed E-state index contributed by atoms with van der Waals surface area (Å²) in [5.41, 5.74) is 10.7. The van der Waals surface area contributed by atoms with Crippen LogP contribution in [0.2, 0.25) is 0 Å². The number of carbonyl (C=O) groups excluding carboxylic acids is 6. The van der Waals surface area contributed by atoms with Crippen LogP contribution in [-0.2, 0) is 54.5 Å². The van der Waals surface area contributed by atoms with Crippen LogP contribution in [0.25, 0.3) is 11.1 Å². The molecule has 14 nitrogen and oxygen atoms in total. The molecule has 1 fully saturated rings. The van der Waals surface area contributed by atoms with Crippen molar-refractivity contribution >= 4 is 35.3 Å². The van der Waals surface area contributed by atoms with E-state index in [-0.39, 0.29) is 68.6 Å². The Morgan fingerprint density at radius 1 is 0.846 bits per heavy atom. The van der Waals surface area contributed by atoms with Gasteiger partial charge < -0.3 is 42.0 Å². The highest BCUT2D eigenvalue weighted by Gasteiger charge is 2.44. The number of hydrogen-bond acceptors (Lipinski definition) is 9. The van der Waals surface area contributed by atoms with E-state index < -0.39 is 23.3 Å². The Balaban J connectivity index is 1.28. The van der Waals surface area contributed by atoms with Gasteiger partial charge in [-0.1, -0.05) is 97.1 Å². The number of amides is 5. The van der Waals surface area contributed by atoms with Crippen LogP contribution >= 0.6 is 0 Å². The standard InChI is InChI=1S/C51H61N7O7/c1-36(59)40-13-7-14-41(30-40)39-17-15-37(16-18-39)29-44-34-53-33-43-12-6-5-11-42(43)31-47(61)57-45(49(63)55-25-28-65-27-23-52)21-24-54-46(60)19-20-48(62)58-26-8-22-51(35-58,50(64)56-44)32-38-9-3-2-4-10-38/h2-7,9-20,30,44-45,53H,8,21-29,31-35,52H2,1H3,(H,54,60)(H,55,63)(H,56,64)(H,57,61)/b20-19+/t44-,45-,51-/m0/s1. The smallest absolute Gasteiger partial charge is 0.246 e. The summed E-state index contributed by atoms with van der Waals surface area (Å²) in [6.07, 6.45) is 4.52. The molecule has 4 aromatic carbocycles. The van der Waals surface area contributed by atoms with Gasteiger partial charge in [-0.3, -0.25) is 28.8 Å². The van der Waals surface area contributed by atoms with Gasteiger partial charge in [0, 0.05) is 69.6 Å². The molecule has 2 bridgehead atoms. The Hall–Kier alpha value is -6.48. The summed E-state index contributed by atoms with van der Waals surface area (Å²) in [6.45, 7) is 4.12. The third kappa shape index (κ3) is 14.3. The van der Waals surface area contributed by atoms with Gasteiger partial charge in [-0.2, -0.15) is 0 Å². The first kappa shape index (κ1) is 48.0. The number of ether oxygens (including phenoxy) is 1. The number of benzene rings is 4. The number of nitrogens with two attached hydrogens (primary N) is 1. The van der Waals surface area contributed by atoms with Crippen molar-refractivity contribution in [2.24, 2.45) is 11.1 Å². The average Bonchev–Trinajstić information content (AvgIpc) is 3.31. The highest BCUT2D eigenvalue weighted by atomic mass is 16.5. The summed E-state index contributed by atoms with van der Waals surface area (Å²) in [6, 6.07) is 31.7. The number of nitrogens with one attached hydrogen (secondary N) is 5. The third-order valence-corrected chi connectivity index (χ3v) is 11.9. The number of rotatable bonds is 12. The van der Waals surface area contributed by atoms with E-state index in [1.165, 1.54) is 6.08 Å². The lowest BCUT2D eigenvalue weighted by molar-refractivity contribution is -0.140. The Labute approximate surface area is 381 Å². The zero-order valence-corrected chi connectivity index (χ0v) is 37.1. The maximum atomic E-state index is 14.9.